The minimum atomic E-state index is -4.10. The number of carbonyl (C=O) groups excluding carboxylic acids is 1. The molecule has 192 valence electrons. The van der Waals surface area contributed by atoms with Gasteiger partial charge >= 0.3 is 16.1 Å². The Morgan fingerprint density at radius 3 is 2.06 bits per heavy atom. The van der Waals surface area contributed by atoms with Crippen molar-refractivity contribution in [2.75, 3.05) is 19.5 Å². The van der Waals surface area contributed by atoms with Gasteiger partial charge < -0.3 is 23.9 Å². The Balaban J connectivity index is 1.73. The highest BCUT2D eigenvalue weighted by Crippen LogP contribution is 2.27. The summed E-state index contributed by atoms with van der Waals surface area (Å²) in [5.74, 6) is 0.654. The van der Waals surface area contributed by atoms with Crippen LogP contribution in [0.15, 0.2) is 71.6 Å². The smallest absolute Gasteiger partial charge is 0.339 e. The van der Waals surface area contributed by atoms with Gasteiger partial charge in [-0.1, -0.05) is 19.1 Å². The molecule has 0 saturated carbocycles. The molecule has 3 aromatic rings. The maximum absolute atomic E-state index is 13.2. The summed E-state index contributed by atoms with van der Waals surface area (Å²) in [6.07, 6.45) is 0.728. The fourth-order valence-corrected chi connectivity index (χ4v) is 4.28. The molecule has 2 amide bonds. The Bertz CT molecular complexity index is 1260. The predicted octanol–water partition coefficient (Wildman–Crippen LogP) is 5.44. The highest BCUT2D eigenvalue weighted by Gasteiger charge is 2.21. The van der Waals surface area contributed by atoms with E-state index in [1.165, 1.54) is 26.4 Å². The van der Waals surface area contributed by atoms with Crippen LogP contribution in [-0.2, 0) is 16.7 Å². The minimum absolute atomic E-state index is 0.0766. The third-order valence-electron chi connectivity index (χ3n) is 5.57. The first-order valence-corrected chi connectivity index (χ1v) is 12.7. The van der Waals surface area contributed by atoms with Crippen molar-refractivity contribution in [1.29, 1.82) is 0 Å². The van der Waals surface area contributed by atoms with Crippen LogP contribution in [0.5, 0.6) is 17.2 Å². The topological polar surface area (TPSA) is 94.2 Å². The van der Waals surface area contributed by atoms with Crippen molar-refractivity contribution in [1.82, 2.24) is 4.90 Å². The Morgan fingerprint density at radius 2 is 1.53 bits per heavy atom. The molecule has 0 saturated heterocycles. The third-order valence-corrected chi connectivity index (χ3v) is 6.83. The van der Waals surface area contributed by atoms with Crippen LogP contribution >= 0.6 is 0 Å². The first kappa shape index (κ1) is 26.8. The van der Waals surface area contributed by atoms with Crippen molar-refractivity contribution >= 4 is 21.8 Å². The normalized spacial score (nSPS) is 11.9. The van der Waals surface area contributed by atoms with E-state index >= 15 is 0 Å². The fraction of sp³-hybridized carbons (Fsp3) is 0.269. The van der Waals surface area contributed by atoms with Crippen LogP contribution in [0.1, 0.15) is 25.8 Å². The molecule has 0 aliphatic carbocycles. The zero-order valence-corrected chi connectivity index (χ0v) is 21.3. The maximum Gasteiger partial charge on any atom is 0.339 e. The zero-order chi connectivity index (χ0) is 26.3. The van der Waals surface area contributed by atoms with Crippen LogP contribution in [0, 0.1) is 5.82 Å². The van der Waals surface area contributed by atoms with Gasteiger partial charge in [0.1, 0.15) is 28.0 Å². The van der Waals surface area contributed by atoms with Crippen molar-refractivity contribution in [2.24, 2.45) is 0 Å². The van der Waals surface area contributed by atoms with E-state index in [0.29, 0.717) is 17.2 Å². The van der Waals surface area contributed by atoms with E-state index < -0.39 is 15.9 Å². The molecule has 0 aliphatic rings. The molecule has 0 fully saturated rings. The summed E-state index contributed by atoms with van der Waals surface area (Å²) in [6.45, 7) is 4.21. The number of methoxy groups -OCH3 is 2. The summed E-state index contributed by atoms with van der Waals surface area (Å²) in [5, 5.41) is 2.89. The summed E-state index contributed by atoms with van der Waals surface area (Å²) in [6, 6.07) is 15.5. The molecule has 36 heavy (non-hydrogen) atoms. The summed E-state index contributed by atoms with van der Waals surface area (Å²) in [7, 11) is -1.04. The Hall–Kier alpha value is -3.79. The molecule has 0 radical (unpaired) electrons. The summed E-state index contributed by atoms with van der Waals surface area (Å²) in [5.41, 5.74) is 1.31. The lowest BCUT2D eigenvalue weighted by Gasteiger charge is -2.29. The second-order valence-corrected chi connectivity index (χ2v) is 9.60. The molecular formula is C26H29FN2O6S. The molecular weight excluding hydrogens is 487 g/mol. The van der Waals surface area contributed by atoms with Gasteiger partial charge in [0.2, 0.25) is 0 Å². The van der Waals surface area contributed by atoms with Gasteiger partial charge in [-0.3, -0.25) is 0 Å². The van der Waals surface area contributed by atoms with Gasteiger partial charge in [0.15, 0.2) is 0 Å². The highest BCUT2D eigenvalue weighted by atomic mass is 32.2. The number of nitrogens with zero attached hydrogens (tertiary/aromatic N) is 1. The molecule has 0 bridgehead atoms. The number of nitrogens with one attached hydrogen (secondary N) is 1. The zero-order valence-electron chi connectivity index (χ0n) is 20.5. The number of halogens is 1. The predicted molar refractivity (Wildman–Crippen MR) is 135 cm³/mol. The number of amides is 2. The number of anilines is 1. The third kappa shape index (κ3) is 6.88. The van der Waals surface area contributed by atoms with Crippen molar-refractivity contribution in [3.05, 3.63) is 78.1 Å². The summed E-state index contributed by atoms with van der Waals surface area (Å²) < 4.78 is 53.7. The van der Waals surface area contributed by atoms with Gasteiger partial charge in [-0.15, -0.1) is 0 Å². The molecule has 1 unspecified atom stereocenters. The average Bonchev–Trinajstić information content (AvgIpc) is 2.87. The van der Waals surface area contributed by atoms with Crippen LogP contribution in [0.2, 0.25) is 0 Å². The first-order valence-electron chi connectivity index (χ1n) is 11.2. The van der Waals surface area contributed by atoms with E-state index in [0.717, 1.165) is 36.2 Å². The minimum Gasteiger partial charge on any atom is -0.497 e. The highest BCUT2D eigenvalue weighted by molar-refractivity contribution is 7.87. The molecule has 1 N–H and O–H groups in total. The molecule has 0 aliphatic heterocycles. The molecule has 8 nitrogen and oxygen atoms in total. The lowest BCUT2D eigenvalue weighted by atomic mass is 10.1. The number of hydrogen-bond donors (Lipinski definition) is 1. The van der Waals surface area contributed by atoms with Crippen LogP contribution in [0.3, 0.4) is 0 Å². The van der Waals surface area contributed by atoms with E-state index in [9.17, 15) is 17.6 Å². The van der Waals surface area contributed by atoms with Crippen LogP contribution in [0.25, 0.3) is 0 Å². The van der Waals surface area contributed by atoms with Gasteiger partial charge in [0.05, 0.1) is 14.2 Å². The quantitative estimate of drug-likeness (QED) is 0.361. The van der Waals surface area contributed by atoms with Crippen molar-refractivity contribution < 1.29 is 31.3 Å². The largest absolute Gasteiger partial charge is 0.497 e. The molecule has 10 heteroatoms. The molecule has 0 heterocycles. The SMILES string of the molecule is CCC(C)N(Cc1ccc(OS(=O)(=O)c2ccc(F)cc2)cc1)C(=O)Nc1cc(OC)cc(OC)c1. The van der Waals surface area contributed by atoms with Gasteiger partial charge in [-0.25, -0.2) is 9.18 Å². The van der Waals surface area contributed by atoms with Crippen LogP contribution in [-0.4, -0.2) is 39.6 Å². The van der Waals surface area contributed by atoms with Gasteiger partial charge in [-0.2, -0.15) is 8.42 Å². The number of rotatable bonds is 10. The van der Waals surface area contributed by atoms with Gasteiger partial charge in [0, 0.05) is 36.5 Å². The lowest BCUT2D eigenvalue weighted by Crippen LogP contribution is -2.40. The molecule has 3 aromatic carbocycles. The van der Waals surface area contributed by atoms with Crippen molar-refractivity contribution in [3.8, 4) is 17.2 Å². The molecule has 3 rings (SSSR count). The van der Waals surface area contributed by atoms with E-state index in [2.05, 4.69) is 5.32 Å². The fourth-order valence-electron chi connectivity index (χ4n) is 3.35. The number of carbonyl (C=O) groups is 1. The summed E-state index contributed by atoms with van der Waals surface area (Å²) in [4.78, 5) is 14.7. The van der Waals surface area contributed by atoms with Gasteiger partial charge in [0.25, 0.3) is 0 Å². The van der Waals surface area contributed by atoms with E-state index in [-0.39, 0.29) is 29.3 Å². The van der Waals surface area contributed by atoms with Gasteiger partial charge in [-0.05, 0) is 55.3 Å². The number of urea groups is 1. The monoisotopic (exact) mass is 516 g/mol. The summed E-state index contributed by atoms with van der Waals surface area (Å²) >= 11 is 0. The van der Waals surface area contributed by atoms with E-state index in [1.54, 1.807) is 35.2 Å². The number of hydrogen-bond acceptors (Lipinski definition) is 6. The average molecular weight is 517 g/mol. The van der Waals surface area contributed by atoms with E-state index in [1.807, 2.05) is 13.8 Å². The molecule has 1 atom stereocenters. The first-order chi connectivity index (χ1) is 17.1. The lowest BCUT2D eigenvalue weighted by molar-refractivity contribution is 0.187. The Kier molecular flexibility index (Phi) is 8.76. The Morgan fingerprint density at radius 1 is 0.944 bits per heavy atom. The van der Waals surface area contributed by atoms with Crippen molar-refractivity contribution in [3.63, 3.8) is 0 Å². The van der Waals surface area contributed by atoms with Crippen LogP contribution in [0.4, 0.5) is 14.9 Å². The molecule has 0 aromatic heterocycles. The number of ether oxygens (including phenoxy) is 2. The van der Waals surface area contributed by atoms with Crippen LogP contribution < -0.4 is 19.0 Å². The second-order valence-electron chi connectivity index (χ2n) is 8.05. The number of benzene rings is 3. The standard InChI is InChI=1S/C26H29FN2O6S/c1-5-18(2)29(26(30)28-21-14-23(33-3)16-24(15-21)34-4)17-19-6-10-22(11-7-19)35-36(31,32)25-12-8-20(27)9-13-25/h6-16,18H,5,17H2,1-4H3,(H,28,30). The van der Waals surface area contributed by atoms with Crippen molar-refractivity contribution in [2.45, 2.75) is 37.8 Å². The Labute approximate surface area is 210 Å². The van der Waals surface area contributed by atoms with E-state index in [4.69, 9.17) is 13.7 Å². The maximum atomic E-state index is 13.2. The molecule has 0 spiro atoms. The second kappa shape index (κ2) is 11.8.